The summed E-state index contributed by atoms with van der Waals surface area (Å²) in [5.74, 6) is 0.202. The minimum Gasteiger partial charge on any atom is -0.396 e. The predicted octanol–water partition coefficient (Wildman–Crippen LogP) is 3.62. The Hall–Kier alpha value is -2.57. The molecule has 0 radical (unpaired) electrons. The summed E-state index contributed by atoms with van der Waals surface area (Å²) in [4.78, 5) is 14.9. The molecule has 1 aliphatic rings. The van der Waals surface area contributed by atoms with Crippen LogP contribution in [0.1, 0.15) is 28.8 Å². The van der Waals surface area contributed by atoms with E-state index < -0.39 is 0 Å². The number of hydrogen-bond donors (Lipinski definition) is 1. The Bertz CT molecular complexity index is 1040. The lowest BCUT2D eigenvalue weighted by Gasteiger charge is -2.14. The molecule has 0 aliphatic heterocycles. The maximum atomic E-state index is 9.71. The van der Waals surface area contributed by atoms with E-state index in [1.165, 1.54) is 10.4 Å². The molecule has 1 N–H and O–H groups in total. The van der Waals surface area contributed by atoms with Gasteiger partial charge < -0.3 is 9.67 Å². The van der Waals surface area contributed by atoms with Gasteiger partial charge in [-0.15, -0.1) is 11.3 Å². The van der Waals surface area contributed by atoms with E-state index in [-0.39, 0.29) is 18.6 Å². The number of fused-ring (bicyclic) bond motifs is 2. The van der Waals surface area contributed by atoms with Crippen molar-refractivity contribution in [1.29, 1.82) is 0 Å². The molecule has 2 atom stereocenters. The molecule has 0 unspecified atom stereocenters. The molecular formula is C19H16N4OS. The SMILES string of the molecule is OC[C@H]1C[C@@H](n2cnc3c(-c4ccccc4)ncnc32)c2ccsc21. The van der Waals surface area contributed by atoms with Crippen LogP contribution < -0.4 is 0 Å². The van der Waals surface area contributed by atoms with Gasteiger partial charge >= 0.3 is 0 Å². The Morgan fingerprint density at radius 1 is 1.12 bits per heavy atom. The Morgan fingerprint density at radius 3 is 2.84 bits per heavy atom. The first-order chi connectivity index (χ1) is 12.4. The van der Waals surface area contributed by atoms with Crippen molar-refractivity contribution in [2.24, 2.45) is 0 Å². The van der Waals surface area contributed by atoms with Crippen LogP contribution in [0.25, 0.3) is 22.4 Å². The minimum absolute atomic E-state index is 0.168. The normalized spacial score (nSPS) is 19.4. The highest BCUT2D eigenvalue weighted by Gasteiger charge is 2.34. The lowest BCUT2D eigenvalue weighted by Crippen LogP contribution is -2.08. The van der Waals surface area contributed by atoms with E-state index in [4.69, 9.17) is 0 Å². The third-order valence-electron chi connectivity index (χ3n) is 4.93. The molecule has 4 aromatic rings. The van der Waals surface area contributed by atoms with Gasteiger partial charge in [-0.1, -0.05) is 30.3 Å². The monoisotopic (exact) mass is 348 g/mol. The van der Waals surface area contributed by atoms with Gasteiger partial charge in [0, 0.05) is 16.4 Å². The summed E-state index contributed by atoms with van der Waals surface area (Å²) in [5, 5.41) is 11.8. The second-order valence-electron chi connectivity index (χ2n) is 6.28. The van der Waals surface area contributed by atoms with Crippen LogP contribution in [0.2, 0.25) is 0 Å². The Labute approximate surface area is 148 Å². The van der Waals surface area contributed by atoms with E-state index in [0.29, 0.717) is 0 Å². The molecule has 5 rings (SSSR count). The summed E-state index contributed by atoms with van der Waals surface area (Å²) in [7, 11) is 0. The van der Waals surface area contributed by atoms with Crippen molar-refractivity contribution in [2.45, 2.75) is 18.4 Å². The fourth-order valence-corrected chi connectivity index (χ4v) is 4.81. The van der Waals surface area contributed by atoms with Gasteiger partial charge in [0.15, 0.2) is 5.65 Å². The summed E-state index contributed by atoms with van der Waals surface area (Å²) in [6, 6.07) is 12.4. The van der Waals surface area contributed by atoms with E-state index in [1.54, 1.807) is 17.7 Å². The Morgan fingerprint density at radius 2 is 2.00 bits per heavy atom. The number of imidazole rings is 1. The zero-order valence-electron chi connectivity index (χ0n) is 13.4. The maximum Gasteiger partial charge on any atom is 0.164 e. The largest absolute Gasteiger partial charge is 0.396 e. The van der Waals surface area contributed by atoms with Gasteiger partial charge in [-0.2, -0.15) is 0 Å². The van der Waals surface area contributed by atoms with Crippen LogP contribution in [0.4, 0.5) is 0 Å². The standard InChI is InChI=1S/C19H16N4OS/c24-9-13-8-15(14-6-7-25-18(13)14)23-11-22-17-16(20-10-21-19(17)23)12-4-2-1-3-5-12/h1-7,10-11,13,15,24H,8-9H2/t13-,15-/m1/s1. The molecule has 0 fully saturated rings. The minimum atomic E-state index is 0.168. The molecule has 3 aromatic heterocycles. The van der Waals surface area contributed by atoms with Crippen molar-refractivity contribution in [3.8, 4) is 11.3 Å². The third kappa shape index (κ3) is 2.22. The lowest BCUT2D eigenvalue weighted by atomic mass is 10.1. The van der Waals surface area contributed by atoms with E-state index in [0.717, 1.165) is 28.8 Å². The highest BCUT2D eigenvalue weighted by molar-refractivity contribution is 7.10. The highest BCUT2D eigenvalue weighted by Crippen LogP contribution is 2.46. The fraction of sp³-hybridized carbons (Fsp3) is 0.211. The van der Waals surface area contributed by atoms with Crippen molar-refractivity contribution in [1.82, 2.24) is 19.5 Å². The fourth-order valence-electron chi connectivity index (χ4n) is 3.75. The van der Waals surface area contributed by atoms with Gasteiger partial charge in [0.2, 0.25) is 0 Å². The number of rotatable bonds is 3. The molecule has 0 bridgehead atoms. The van der Waals surface area contributed by atoms with E-state index in [2.05, 4.69) is 31.0 Å². The molecule has 1 aliphatic carbocycles. The van der Waals surface area contributed by atoms with Crippen molar-refractivity contribution in [3.63, 3.8) is 0 Å². The average Bonchev–Trinajstić information content (AvgIpc) is 3.36. The van der Waals surface area contributed by atoms with Gasteiger partial charge in [0.05, 0.1) is 19.0 Å². The van der Waals surface area contributed by atoms with Crippen LogP contribution in [0, 0.1) is 0 Å². The van der Waals surface area contributed by atoms with Crippen molar-refractivity contribution < 1.29 is 5.11 Å². The number of aliphatic hydroxyl groups excluding tert-OH is 1. The van der Waals surface area contributed by atoms with Crippen LogP contribution in [-0.2, 0) is 0 Å². The summed E-state index contributed by atoms with van der Waals surface area (Å²) < 4.78 is 2.13. The smallest absolute Gasteiger partial charge is 0.164 e. The lowest BCUT2D eigenvalue weighted by molar-refractivity contribution is 0.260. The van der Waals surface area contributed by atoms with Crippen molar-refractivity contribution >= 4 is 22.5 Å². The first kappa shape index (κ1) is 14.7. The first-order valence-corrected chi connectivity index (χ1v) is 9.16. The van der Waals surface area contributed by atoms with Gasteiger partial charge in [0.25, 0.3) is 0 Å². The number of aromatic nitrogens is 4. The zero-order chi connectivity index (χ0) is 16.8. The number of benzene rings is 1. The van der Waals surface area contributed by atoms with Crippen LogP contribution in [-0.4, -0.2) is 31.2 Å². The molecule has 0 amide bonds. The van der Waals surface area contributed by atoms with Gasteiger partial charge in [-0.05, 0) is 23.4 Å². The van der Waals surface area contributed by atoms with Crippen LogP contribution in [0.5, 0.6) is 0 Å². The van der Waals surface area contributed by atoms with Gasteiger partial charge in [-0.25, -0.2) is 15.0 Å². The van der Waals surface area contributed by atoms with E-state index >= 15 is 0 Å². The Balaban J connectivity index is 1.65. The third-order valence-corrected chi connectivity index (χ3v) is 6.02. The Kier molecular flexibility index (Phi) is 3.39. The zero-order valence-corrected chi connectivity index (χ0v) is 14.2. The molecule has 1 aromatic carbocycles. The van der Waals surface area contributed by atoms with Crippen molar-refractivity contribution in [3.05, 3.63) is 64.9 Å². The molecule has 124 valence electrons. The summed E-state index contributed by atoms with van der Waals surface area (Å²) >= 11 is 1.72. The maximum absolute atomic E-state index is 9.71. The number of hydrogen-bond acceptors (Lipinski definition) is 5. The molecule has 25 heavy (non-hydrogen) atoms. The van der Waals surface area contributed by atoms with Crippen molar-refractivity contribution in [2.75, 3.05) is 6.61 Å². The molecule has 0 spiro atoms. The predicted molar refractivity (Wildman–Crippen MR) is 97.7 cm³/mol. The number of nitrogens with zero attached hydrogens (tertiary/aromatic N) is 4. The average molecular weight is 348 g/mol. The van der Waals surface area contributed by atoms with Crippen LogP contribution in [0.3, 0.4) is 0 Å². The molecule has 0 saturated heterocycles. The first-order valence-electron chi connectivity index (χ1n) is 8.28. The molecule has 5 nitrogen and oxygen atoms in total. The topological polar surface area (TPSA) is 63.8 Å². The summed E-state index contributed by atoms with van der Waals surface area (Å²) in [6.45, 7) is 0.181. The molecular weight excluding hydrogens is 332 g/mol. The van der Waals surface area contributed by atoms with Gasteiger partial charge in [0.1, 0.15) is 17.5 Å². The quantitative estimate of drug-likeness (QED) is 0.614. The summed E-state index contributed by atoms with van der Waals surface area (Å²) in [6.07, 6.45) is 4.35. The van der Waals surface area contributed by atoms with Crippen LogP contribution in [0.15, 0.2) is 54.4 Å². The summed E-state index contributed by atoms with van der Waals surface area (Å²) in [5.41, 5.74) is 4.83. The second kappa shape index (κ2) is 5.75. The van der Waals surface area contributed by atoms with Gasteiger partial charge in [-0.3, -0.25) is 0 Å². The second-order valence-corrected chi connectivity index (χ2v) is 7.23. The highest BCUT2D eigenvalue weighted by atomic mass is 32.1. The number of thiophene rings is 1. The molecule has 6 heteroatoms. The van der Waals surface area contributed by atoms with E-state index in [9.17, 15) is 5.11 Å². The molecule has 3 heterocycles. The number of aliphatic hydroxyl groups is 1. The molecule has 0 saturated carbocycles. The van der Waals surface area contributed by atoms with E-state index in [1.807, 2.05) is 36.7 Å². The van der Waals surface area contributed by atoms with Crippen LogP contribution >= 0.6 is 11.3 Å².